The minimum atomic E-state index is -0.665. The normalized spacial score (nSPS) is 31.6. The minimum Gasteiger partial charge on any atom is -0.456 e. The average molecular weight is 373 g/mol. The van der Waals surface area contributed by atoms with Gasteiger partial charge in [0.25, 0.3) is 0 Å². The largest absolute Gasteiger partial charge is 0.456 e. The lowest BCUT2D eigenvalue weighted by Crippen LogP contribution is -2.55. The van der Waals surface area contributed by atoms with Crippen LogP contribution in [0.1, 0.15) is 69.7 Å². The highest BCUT2D eigenvalue weighted by Crippen LogP contribution is 2.56. The van der Waals surface area contributed by atoms with E-state index >= 15 is 0 Å². The predicted octanol–water partition coefficient (Wildman–Crippen LogP) is 4.33. The number of rotatable bonds is 4. The van der Waals surface area contributed by atoms with E-state index in [9.17, 15) is 14.9 Å². The van der Waals surface area contributed by atoms with Gasteiger partial charge in [-0.15, -0.1) is 0 Å². The maximum absolute atomic E-state index is 12.3. The summed E-state index contributed by atoms with van der Waals surface area (Å²) in [6, 6.07) is 1.28. The molecular weight excluding hydrogens is 346 g/mol. The van der Waals surface area contributed by atoms with Crippen molar-refractivity contribution in [1.29, 1.82) is 0 Å². The second-order valence-corrected chi connectivity index (χ2v) is 9.67. The highest BCUT2D eigenvalue weighted by Gasteiger charge is 2.51. The molecule has 4 aliphatic carbocycles. The van der Waals surface area contributed by atoms with Gasteiger partial charge in [0, 0.05) is 17.8 Å². The molecule has 27 heavy (non-hydrogen) atoms. The van der Waals surface area contributed by atoms with Crippen LogP contribution < -0.4 is 5.32 Å². The van der Waals surface area contributed by atoms with Crippen LogP contribution in [0.2, 0.25) is 0 Å². The second-order valence-electron chi connectivity index (χ2n) is 9.67. The summed E-state index contributed by atoms with van der Waals surface area (Å²) in [6.45, 7) is 5.28. The Morgan fingerprint density at radius 2 is 1.78 bits per heavy atom. The first-order chi connectivity index (χ1) is 12.6. The molecule has 0 unspecified atom stereocenters. The van der Waals surface area contributed by atoms with E-state index in [1.54, 1.807) is 20.8 Å². The van der Waals surface area contributed by atoms with Gasteiger partial charge in [0.2, 0.25) is 5.82 Å². The first-order valence-electron chi connectivity index (χ1n) is 9.78. The first kappa shape index (κ1) is 18.2. The summed E-state index contributed by atoms with van der Waals surface area (Å²) in [5.41, 5.74) is -0.802. The van der Waals surface area contributed by atoms with Gasteiger partial charge in [0.1, 0.15) is 5.60 Å². The number of anilines is 1. The van der Waals surface area contributed by atoms with Gasteiger partial charge in [0.05, 0.1) is 10.5 Å². The second kappa shape index (κ2) is 6.17. The summed E-state index contributed by atoms with van der Waals surface area (Å²) in [7, 11) is 0. The fourth-order valence-corrected chi connectivity index (χ4v) is 5.65. The van der Waals surface area contributed by atoms with E-state index < -0.39 is 16.5 Å². The van der Waals surface area contributed by atoms with E-state index in [-0.39, 0.29) is 22.6 Å². The quantitative estimate of drug-likeness (QED) is 0.480. The molecule has 1 N–H and O–H groups in total. The van der Waals surface area contributed by atoms with Crippen molar-refractivity contribution < 1.29 is 14.5 Å². The van der Waals surface area contributed by atoms with Gasteiger partial charge in [-0.1, -0.05) is 0 Å². The Balaban J connectivity index is 1.60. The van der Waals surface area contributed by atoms with Gasteiger partial charge in [-0.25, -0.2) is 9.78 Å². The maximum Gasteiger partial charge on any atom is 0.340 e. The predicted molar refractivity (Wildman–Crippen MR) is 101 cm³/mol. The number of carbonyl (C=O) groups is 1. The Morgan fingerprint density at radius 1 is 1.22 bits per heavy atom. The van der Waals surface area contributed by atoms with Crippen LogP contribution in [-0.4, -0.2) is 27.0 Å². The number of nitrogens with zero attached hydrogens (tertiary/aromatic N) is 2. The van der Waals surface area contributed by atoms with Crippen LogP contribution >= 0.6 is 0 Å². The molecular formula is C20H27N3O4. The van der Waals surface area contributed by atoms with Gasteiger partial charge in [0.15, 0.2) is 0 Å². The highest BCUT2D eigenvalue weighted by atomic mass is 16.6. The first-order valence-corrected chi connectivity index (χ1v) is 9.78. The number of esters is 1. The third-order valence-corrected chi connectivity index (χ3v) is 6.12. The number of hydrogen-bond acceptors (Lipinski definition) is 6. The van der Waals surface area contributed by atoms with Crippen LogP contribution in [0, 0.1) is 27.9 Å². The average Bonchev–Trinajstić information content (AvgIpc) is 2.51. The molecule has 0 saturated heterocycles. The molecule has 1 heterocycles. The smallest absolute Gasteiger partial charge is 0.340 e. The molecule has 4 saturated carbocycles. The summed E-state index contributed by atoms with van der Waals surface area (Å²) in [6.07, 6.45) is 8.46. The standard InChI is InChI=1S/C20H27N3O4/c1-19(2,3)27-18(24)15-7-16(23(25)26)17(21-11-15)22-20-8-12-4-13(9-20)6-14(5-12)10-20/h7,11-14H,4-6,8-10H2,1-3H3,(H,21,22). The number of carbonyl (C=O) groups excluding carboxylic acids is 1. The van der Waals surface area contributed by atoms with Crippen LogP contribution in [0.15, 0.2) is 12.3 Å². The molecule has 1 aromatic heterocycles. The van der Waals surface area contributed by atoms with Gasteiger partial charge < -0.3 is 10.1 Å². The lowest BCUT2D eigenvalue weighted by Gasteiger charge is -2.57. The summed E-state index contributed by atoms with van der Waals surface area (Å²) >= 11 is 0. The zero-order chi connectivity index (χ0) is 19.4. The topological polar surface area (TPSA) is 94.4 Å². The summed E-state index contributed by atoms with van der Waals surface area (Å²) in [5.74, 6) is 1.85. The zero-order valence-corrected chi connectivity index (χ0v) is 16.2. The third-order valence-electron chi connectivity index (χ3n) is 6.12. The van der Waals surface area contributed by atoms with E-state index in [1.807, 2.05) is 0 Å². The molecule has 0 aromatic carbocycles. The Labute approximate surface area is 159 Å². The van der Waals surface area contributed by atoms with Crippen LogP contribution in [0.3, 0.4) is 0 Å². The molecule has 7 nitrogen and oxygen atoms in total. The van der Waals surface area contributed by atoms with Crippen LogP contribution in [-0.2, 0) is 4.74 Å². The SMILES string of the molecule is CC(C)(C)OC(=O)c1cnc(NC23CC4CC(CC(C4)C2)C3)c([N+](=O)[O-])c1. The fraction of sp³-hybridized carbons (Fsp3) is 0.700. The van der Waals surface area contributed by atoms with E-state index in [4.69, 9.17) is 4.74 Å². The summed E-state index contributed by atoms with van der Waals surface area (Å²) in [4.78, 5) is 27.7. The van der Waals surface area contributed by atoms with E-state index in [2.05, 4.69) is 10.3 Å². The lowest BCUT2D eigenvalue weighted by molar-refractivity contribution is -0.384. The number of nitro groups is 1. The van der Waals surface area contributed by atoms with E-state index in [0.717, 1.165) is 37.0 Å². The number of ether oxygens (including phenoxy) is 1. The van der Waals surface area contributed by atoms with Crippen LogP contribution in [0.5, 0.6) is 0 Å². The molecule has 5 rings (SSSR count). The van der Waals surface area contributed by atoms with Crippen molar-refractivity contribution in [3.63, 3.8) is 0 Å². The van der Waals surface area contributed by atoms with Gasteiger partial charge in [-0.2, -0.15) is 0 Å². The van der Waals surface area contributed by atoms with Crippen LogP contribution in [0.4, 0.5) is 11.5 Å². The molecule has 7 heteroatoms. The Bertz CT molecular complexity index is 749. The Morgan fingerprint density at radius 3 is 2.26 bits per heavy atom. The molecule has 0 radical (unpaired) electrons. The van der Waals surface area contributed by atoms with E-state index in [1.165, 1.54) is 31.5 Å². The summed E-state index contributed by atoms with van der Waals surface area (Å²) < 4.78 is 5.31. The molecule has 4 aliphatic rings. The fourth-order valence-electron chi connectivity index (χ4n) is 5.65. The van der Waals surface area contributed by atoms with E-state index in [0.29, 0.717) is 0 Å². The van der Waals surface area contributed by atoms with Crippen molar-refractivity contribution >= 4 is 17.5 Å². The van der Waals surface area contributed by atoms with Crippen molar-refractivity contribution in [2.75, 3.05) is 5.32 Å². The Hall–Kier alpha value is -2.18. The molecule has 0 aliphatic heterocycles. The Kier molecular flexibility index (Phi) is 4.16. The molecule has 0 spiro atoms. The van der Waals surface area contributed by atoms with Crippen molar-refractivity contribution in [2.45, 2.75) is 70.4 Å². The monoisotopic (exact) mass is 373 g/mol. The summed E-state index contributed by atoms with van der Waals surface area (Å²) in [5, 5.41) is 15.1. The van der Waals surface area contributed by atoms with Crippen LogP contribution in [0.25, 0.3) is 0 Å². The van der Waals surface area contributed by atoms with Crippen molar-refractivity contribution in [2.24, 2.45) is 17.8 Å². The van der Waals surface area contributed by atoms with Gasteiger partial charge in [-0.05, 0) is 77.0 Å². The molecule has 146 valence electrons. The number of pyridine rings is 1. The number of aromatic nitrogens is 1. The van der Waals surface area contributed by atoms with Gasteiger partial charge >= 0.3 is 11.7 Å². The molecule has 0 atom stereocenters. The highest BCUT2D eigenvalue weighted by molar-refractivity contribution is 5.90. The number of hydrogen-bond donors (Lipinski definition) is 1. The minimum absolute atomic E-state index is 0.0834. The maximum atomic E-state index is 12.3. The van der Waals surface area contributed by atoms with Crippen molar-refractivity contribution in [3.05, 3.63) is 27.9 Å². The molecule has 1 aromatic rings. The lowest BCUT2D eigenvalue weighted by atomic mass is 9.53. The van der Waals surface area contributed by atoms with Crippen molar-refractivity contribution in [3.8, 4) is 0 Å². The third kappa shape index (κ3) is 3.64. The van der Waals surface area contributed by atoms with Crippen molar-refractivity contribution in [1.82, 2.24) is 4.98 Å². The molecule has 0 amide bonds. The zero-order valence-electron chi connectivity index (χ0n) is 16.2. The van der Waals surface area contributed by atoms with Gasteiger partial charge in [-0.3, -0.25) is 10.1 Å². The molecule has 4 bridgehead atoms. The molecule has 4 fully saturated rings. The number of nitrogens with one attached hydrogen (secondary N) is 1.